The summed E-state index contributed by atoms with van der Waals surface area (Å²) in [6.45, 7) is 1.87. The molecule has 0 fully saturated rings. The van der Waals surface area contributed by atoms with E-state index in [0.717, 1.165) is 5.56 Å². The van der Waals surface area contributed by atoms with E-state index in [4.69, 9.17) is 0 Å². The Morgan fingerprint density at radius 2 is 1.65 bits per heavy atom. The van der Waals surface area contributed by atoms with Crippen molar-refractivity contribution >= 4 is 11.7 Å². The van der Waals surface area contributed by atoms with Crippen LogP contribution in [-0.2, 0) is 0 Å². The van der Waals surface area contributed by atoms with Gasteiger partial charge in [-0.05, 0) is 12.5 Å². The van der Waals surface area contributed by atoms with Gasteiger partial charge in [-0.2, -0.15) is 0 Å². The quantitative estimate of drug-likeness (QED) is 0.693. The monoisotopic (exact) mass is 272 g/mol. The number of urea groups is 1. The highest BCUT2D eigenvalue weighted by Crippen LogP contribution is 2.24. The molecule has 0 aromatic heterocycles. The maximum absolute atomic E-state index is 11.8. The van der Waals surface area contributed by atoms with Crippen LogP contribution in [0.1, 0.15) is 18.5 Å². The molecule has 2 aromatic carbocycles. The summed E-state index contributed by atoms with van der Waals surface area (Å²) in [6.07, 6.45) is 0. The van der Waals surface area contributed by atoms with Crippen LogP contribution in [0.15, 0.2) is 48.5 Å². The first-order chi connectivity index (χ1) is 9.54. The number of carbonyl (C=O) groups excluding carboxylic acids is 1. The van der Waals surface area contributed by atoms with Gasteiger partial charge in [0, 0.05) is 23.9 Å². The van der Waals surface area contributed by atoms with Crippen molar-refractivity contribution in [2.45, 2.75) is 13.0 Å². The number of anilines is 1. The van der Waals surface area contributed by atoms with Gasteiger partial charge >= 0.3 is 6.03 Å². The Hall–Kier alpha value is -2.69. The van der Waals surface area contributed by atoms with E-state index in [2.05, 4.69) is 10.6 Å². The summed E-state index contributed by atoms with van der Waals surface area (Å²) in [5.41, 5.74) is 1.31. The van der Waals surface area contributed by atoms with E-state index in [-0.39, 0.29) is 17.5 Å². The highest BCUT2D eigenvalue weighted by molar-refractivity contribution is 5.90. The molecule has 1 unspecified atom stereocenters. The summed E-state index contributed by atoms with van der Waals surface area (Å²) >= 11 is 0. The Kier molecular flexibility index (Phi) is 4.10. The molecule has 20 heavy (non-hydrogen) atoms. The van der Waals surface area contributed by atoms with Crippen LogP contribution >= 0.6 is 0 Å². The highest BCUT2D eigenvalue weighted by Gasteiger charge is 2.09. The number of hydrogen-bond acceptors (Lipinski definition) is 3. The van der Waals surface area contributed by atoms with Crippen molar-refractivity contribution in [3.05, 3.63) is 54.1 Å². The summed E-state index contributed by atoms with van der Waals surface area (Å²) in [4.78, 5) is 11.8. The minimum Gasteiger partial charge on any atom is -0.508 e. The molecule has 1 atom stereocenters. The topological polar surface area (TPSA) is 81.6 Å². The van der Waals surface area contributed by atoms with Crippen molar-refractivity contribution in [3.63, 3.8) is 0 Å². The first kappa shape index (κ1) is 13.7. The number of phenolic OH excluding ortho intramolecular Hbond substituents is 2. The lowest BCUT2D eigenvalue weighted by Gasteiger charge is -2.15. The third-order valence-electron chi connectivity index (χ3n) is 2.81. The second kappa shape index (κ2) is 5.97. The number of aromatic hydroxyl groups is 2. The molecule has 5 heteroatoms. The van der Waals surface area contributed by atoms with Crippen molar-refractivity contribution in [1.82, 2.24) is 5.32 Å². The normalized spacial score (nSPS) is 11.7. The van der Waals surface area contributed by atoms with Gasteiger partial charge in [0.15, 0.2) is 0 Å². The predicted molar refractivity (Wildman–Crippen MR) is 76.8 cm³/mol. The molecule has 0 bridgehead atoms. The van der Waals surface area contributed by atoms with E-state index in [0.29, 0.717) is 5.69 Å². The fraction of sp³-hybridized carbons (Fsp3) is 0.133. The number of amides is 2. The molecular formula is C15H16N2O3. The standard InChI is InChI=1S/C15H16N2O3/c1-10(11-5-3-2-4-6-11)16-15(20)17-12-7-13(18)9-14(19)8-12/h2-10,18-19H,1H3,(H2,16,17,20). The Morgan fingerprint density at radius 1 is 1.05 bits per heavy atom. The van der Waals surface area contributed by atoms with Gasteiger partial charge in [-0.25, -0.2) is 4.79 Å². The van der Waals surface area contributed by atoms with Gasteiger partial charge in [0.25, 0.3) is 0 Å². The number of carbonyl (C=O) groups is 1. The first-order valence-electron chi connectivity index (χ1n) is 6.20. The number of rotatable bonds is 3. The largest absolute Gasteiger partial charge is 0.508 e. The van der Waals surface area contributed by atoms with Crippen LogP contribution in [0.5, 0.6) is 11.5 Å². The zero-order valence-electron chi connectivity index (χ0n) is 11.0. The van der Waals surface area contributed by atoms with Crippen LogP contribution in [0.25, 0.3) is 0 Å². The van der Waals surface area contributed by atoms with Crippen molar-refractivity contribution in [2.75, 3.05) is 5.32 Å². The fourth-order valence-corrected chi connectivity index (χ4v) is 1.86. The van der Waals surface area contributed by atoms with Crippen LogP contribution < -0.4 is 10.6 Å². The zero-order valence-corrected chi connectivity index (χ0v) is 11.0. The average molecular weight is 272 g/mol. The highest BCUT2D eigenvalue weighted by atomic mass is 16.3. The Labute approximate surface area is 116 Å². The Balaban J connectivity index is 1.99. The summed E-state index contributed by atoms with van der Waals surface area (Å²) in [7, 11) is 0. The van der Waals surface area contributed by atoms with E-state index >= 15 is 0 Å². The molecule has 5 nitrogen and oxygen atoms in total. The molecule has 0 spiro atoms. The van der Waals surface area contributed by atoms with E-state index in [1.165, 1.54) is 18.2 Å². The lowest BCUT2D eigenvalue weighted by Crippen LogP contribution is -2.31. The molecule has 0 aliphatic rings. The van der Waals surface area contributed by atoms with Gasteiger partial charge in [-0.15, -0.1) is 0 Å². The average Bonchev–Trinajstić information content (AvgIpc) is 2.38. The van der Waals surface area contributed by atoms with E-state index in [1.54, 1.807) is 0 Å². The van der Waals surface area contributed by atoms with E-state index in [9.17, 15) is 15.0 Å². The smallest absolute Gasteiger partial charge is 0.319 e. The first-order valence-corrected chi connectivity index (χ1v) is 6.20. The molecule has 0 aliphatic carbocycles. The van der Waals surface area contributed by atoms with Gasteiger partial charge in [0.2, 0.25) is 0 Å². The van der Waals surface area contributed by atoms with Crippen molar-refractivity contribution in [1.29, 1.82) is 0 Å². The Morgan fingerprint density at radius 3 is 2.25 bits per heavy atom. The minimum atomic E-state index is -0.411. The third-order valence-corrected chi connectivity index (χ3v) is 2.81. The van der Waals surface area contributed by atoms with Crippen LogP contribution in [0.4, 0.5) is 10.5 Å². The Bertz CT molecular complexity index is 579. The molecule has 2 amide bonds. The van der Waals surface area contributed by atoms with Crippen LogP contribution in [0, 0.1) is 0 Å². The molecule has 2 rings (SSSR count). The van der Waals surface area contributed by atoms with Gasteiger partial charge in [0.1, 0.15) is 11.5 Å². The molecule has 0 heterocycles. The molecule has 4 N–H and O–H groups in total. The molecule has 0 saturated carbocycles. The fourth-order valence-electron chi connectivity index (χ4n) is 1.86. The van der Waals surface area contributed by atoms with E-state index < -0.39 is 6.03 Å². The second-order valence-corrected chi connectivity index (χ2v) is 4.47. The van der Waals surface area contributed by atoms with Gasteiger partial charge in [-0.3, -0.25) is 0 Å². The molecule has 0 aliphatic heterocycles. The molecule has 104 valence electrons. The van der Waals surface area contributed by atoms with Crippen LogP contribution in [0.2, 0.25) is 0 Å². The lowest BCUT2D eigenvalue weighted by atomic mass is 10.1. The SMILES string of the molecule is CC(NC(=O)Nc1cc(O)cc(O)c1)c1ccccc1. The van der Waals surface area contributed by atoms with E-state index in [1.807, 2.05) is 37.3 Å². The molecule has 0 saturated heterocycles. The van der Waals surface area contributed by atoms with Crippen molar-refractivity contribution in [2.24, 2.45) is 0 Å². The number of hydrogen-bond donors (Lipinski definition) is 4. The molecule has 0 radical (unpaired) electrons. The minimum absolute atomic E-state index is 0.114. The van der Waals surface area contributed by atoms with Crippen LogP contribution in [-0.4, -0.2) is 16.2 Å². The molecule has 2 aromatic rings. The van der Waals surface area contributed by atoms with Gasteiger partial charge in [0.05, 0.1) is 6.04 Å². The van der Waals surface area contributed by atoms with Gasteiger partial charge < -0.3 is 20.8 Å². The number of benzene rings is 2. The van der Waals surface area contributed by atoms with Crippen molar-refractivity contribution in [3.8, 4) is 11.5 Å². The second-order valence-electron chi connectivity index (χ2n) is 4.47. The number of nitrogens with one attached hydrogen (secondary N) is 2. The summed E-state index contributed by atoms with van der Waals surface area (Å²) in [5.74, 6) is -0.229. The lowest BCUT2D eigenvalue weighted by molar-refractivity contribution is 0.249. The van der Waals surface area contributed by atoms with Gasteiger partial charge in [-0.1, -0.05) is 30.3 Å². The molecular weight excluding hydrogens is 256 g/mol. The third kappa shape index (κ3) is 3.65. The van der Waals surface area contributed by atoms with Crippen LogP contribution in [0.3, 0.4) is 0 Å². The summed E-state index contributed by atoms with van der Waals surface area (Å²) in [5, 5.41) is 24.0. The summed E-state index contributed by atoms with van der Waals surface area (Å²) < 4.78 is 0. The summed E-state index contributed by atoms with van der Waals surface area (Å²) in [6, 6.07) is 12.9. The number of phenols is 2. The van der Waals surface area contributed by atoms with Crippen molar-refractivity contribution < 1.29 is 15.0 Å². The predicted octanol–water partition coefficient (Wildman–Crippen LogP) is 2.98. The maximum Gasteiger partial charge on any atom is 0.319 e. The maximum atomic E-state index is 11.8. The zero-order chi connectivity index (χ0) is 14.5.